The standard InChI is InChI=1S/C27H35ClN6O2/c1-15-9-19-22(30-27(31-26(19)35)33-13-17(14-33)32(3)4)10-18(15)25-16(2)21(28)11-23-20(25)12-29-34(23)24-7-5-6-8-36-24/h11-12,15,17-18,24H,5-10,13-14H2,1-4H3,(H,30,31,35)/t15-,18-,24?/m1/s1. The highest BCUT2D eigenvalue weighted by molar-refractivity contribution is 6.32. The van der Waals surface area contributed by atoms with Gasteiger partial charge in [0.2, 0.25) is 5.95 Å². The molecule has 4 heterocycles. The lowest BCUT2D eigenvalue weighted by Crippen LogP contribution is -2.58. The Hall–Kier alpha value is -2.42. The second kappa shape index (κ2) is 9.15. The van der Waals surface area contributed by atoms with Crippen molar-refractivity contribution in [2.24, 2.45) is 5.92 Å². The van der Waals surface area contributed by atoms with Gasteiger partial charge in [0.05, 0.1) is 17.4 Å². The van der Waals surface area contributed by atoms with Crippen molar-refractivity contribution in [1.29, 1.82) is 0 Å². The molecule has 1 aliphatic carbocycles. The number of aromatic amines is 1. The Balaban J connectivity index is 1.38. The Morgan fingerprint density at radius 3 is 2.75 bits per heavy atom. The van der Waals surface area contributed by atoms with Gasteiger partial charge in [0.1, 0.15) is 0 Å². The van der Waals surface area contributed by atoms with Gasteiger partial charge in [-0.15, -0.1) is 0 Å². The summed E-state index contributed by atoms with van der Waals surface area (Å²) in [5, 5.41) is 6.65. The monoisotopic (exact) mass is 510 g/mol. The van der Waals surface area contributed by atoms with Crippen molar-refractivity contribution < 1.29 is 4.74 Å². The first-order valence-corrected chi connectivity index (χ1v) is 13.5. The van der Waals surface area contributed by atoms with E-state index in [1.165, 1.54) is 5.56 Å². The lowest BCUT2D eigenvalue weighted by Gasteiger charge is -2.43. The quantitative estimate of drug-likeness (QED) is 0.570. The molecule has 2 saturated heterocycles. The number of anilines is 1. The van der Waals surface area contributed by atoms with Crippen molar-refractivity contribution in [2.45, 2.75) is 64.1 Å². The van der Waals surface area contributed by atoms with Gasteiger partial charge in [0, 0.05) is 41.7 Å². The first-order valence-electron chi connectivity index (χ1n) is 13.1. The number of halogens is 1. The third-order valence-electron chi connectivity index (χ3n) is 8.56. The predicted octanol–water partition coefficient (Wildman–Crippen LogP) is 4.05. The van der Waals surface area contributed by atoms with Crippen LogP contribution in [0.4, 0.5) is 5.95 Å². The van der Waals surface area contributed by atoms with Crippen molar-refractivity contribution in [3.63, 3.8) is 0 Å². The van der Waals surface area contributed by atoms with Gasteiger partial charge in [-0.2, -0.15) is 5.10 Å². The summed E-state index contributed by atoms with van der Waals surface area (Å²) in [6.45, 7) is 6.87. The topological polar surface area (TPSA) is 79.3 Å². The number of fused-ring (bicyclic) bond motifs is 2. The van der Waals surface area contributed by atoms with E-state index in [2.05, 4.69) is 42.7 Å². The lowest BCUT2D eigenvalue weighted by molar-refractivity contribution is -0.0366. The van der Waals surface area contributed by atoms with Crippen LogP contribution in [0.15, 0.2) is 17.1 Å². The highest BCUT2D eigenvalue weighted by Gasteiger charge is 2.35. The summed E-state index contributed by atoms with van der Waals surface area (Å²) >= 11 is 6.82. The lowest BCUT2D eigenvalue weighted by atomic mass is 9.73. The van der Waals surface area contributed by atoms with E-state index in [9.17, 15) is 4.79 Å². The Labute approximate surface area is 216 Å². The van der Waals surface area contributed by atoms with Crippen LogP contribution in [-0.4, -0.2) is 64.5 Å². The van der Waals surface area contributed by atoms with Gasteiger partial charge in [-0.1, -0.05) is 18.5 Å². The number of nitrogens with zero attached hydrogens (tertiary/aromatic N) is 5. The third-order valence-corrected chi connectivity index (χ3v) is 8.95. The van der Waals surface area contributed by atoms with Gasteiger partial charge < -0.3 is 14.5 Å². The number of ether oxygens (including phenoxy) is 1. The first kappa shape index (κ1) is 23.9. The zero-order valence-electron chi connectivity index (χ0n) is 21.6. The van der Waals surface area contributed by atoms with Crippen molar-refractivity contribution in [3.05, 3.63) is 50.0 Å². The second-order valence-electron chi connectivity index (χ2n) is 11.1. The number of H-pyrrole nitrogens is 1. The minimum Gasteiger partial charge on any atom is -0.356 e. The number of benzene rings is 1. The van der Waals surface area contributed by atoms with Gasteiger partial charge in [-0.25, -0.2) is 9.67 Å². The van der Waals surface area contributed by atoms with E-state index in [1.807, 2.05) is 16.9 Å². The van der Waals surface area contributed by atoms with Gasteiger partial charge in [0.15, 0.2) is 6.23 Å². The summed E-state index contributed by atoms with van der Waals surface area (Å²) < 4.78 is 8.05. The zero-order valence-corrected chi connectivity index (χ0v) is 22.3. The number of aromatic nitrogens is 4. The Morgan fingerprint density at radius 2 is 2.03 bits per heavy atom. The predicted molar refractivity (Wildman–Crippen MR) is 142 cm³/mol. The van der Waals surface area contributed by atoms with Crippen LogP contribution in [0.3, 0.4) is 0 Å². The summed E-state index contributed by atoms with van der Waals surface area (Å²) in [6, 6.07) is 2.53. The molecule has 0 spiro atoms. The minimum absolute atomic E-state index is 0.00355. The Kier molecular flexibility index (Phi) is 6.09. The van der Waals surface area contributed by atoms with Crippen molar-refractivity contribution in [3.8, 4) is 0 Å². The summed E-state index contributed by atoms with van der Waals surface area (Å²) in [4.78, 5) is 25.5. The minimum atomic E-state index is -0.0438. The highest BCUT2D eigenvalue weighted by atomic mass is 35.5. The van der Waals surface area contributed by atoms with Gasteiger partial charge in [0.25, 0.3) is 5.56 Å². The Morgan fingerprint density at radius 1 is 1.22 bits per heavy atom. The van der Waals surface area contributed by atoms with Gasteiger partial charge in [-0.3, -0.25) is 9.78 Å². The van der Waals surface area contributed by atoms with E-state index < -0.39 is 0 Å². The molecule has 0 radical (unpaired) electrons. The smallest absolute Gasteiger partial charge is 0.255 e. The molecule has 3 aliphatic rings. The molecule has 2 fully saturated rings. The summed E-state index contributed by atoms with van der Waals surface area (Å²) in [7, 11) is 4.18. The van der Waals surface area contributed by atoms with E-state index in [0.29, 0.717) is 18.4 Å². The molecule has 0 amide bonds. The number of hydrogen-bond donors (Lipinski definition) is 1. The van der Waals surface area contributed by atoms with Crippen LogP contribution in [0, 0.1) is 12.8 Å². The fourth-order valence-electron chi connectivity index (χ4n) is 6.18. The van der Waals surface area contributed by atoms with E-state index >= 15 is 0 Å². The fraction of sp³-hybridized carbons (Fsp3) is 0.593. The average molecular weight is 511 g/mol. The molecule has 192 valence electrons. The molecule has 1 unspecified atom stereocenters. The zero-order chi connectivity index (χ0) is 25.1. The normalized spacial score (nSPS) is 24.8. The van der Waals surface area contributed by atoms with Crippen LogP contribution in [0.2, 0.25) is 5.02 Å². The molecule has 3 aromatic rings. The number of likely N-dealkylation sites (N-methyl/N-ethyl adjacent to an activating group) is 1. The number of rotatable bonds is 4. The van der Waals surface area contributed by atoms with Crippen molar-refractivity contribution in [2.75, 3.05) is 38.7 Å². The molecule has 36 heavy (non-hydrogen) atoms. The maximum atomic E-state index is 13.1. The van der Waals surface area contributed by atoms with Gasteiger partial charge >= 0.3 is 0 Å². The first-order chi connectivity index (χ1) is 17.3. The SMILES string of the molecule is Cc1c(Cl)cc2c(cnn2C2CCCCO2)c1[C@@H]1Cc2nc(N3CC(N(C)C)C3)[nH]c(=O)c2C[C@H]1C. The maximum Gasteiger partial charge on any atom is 0.255 e. The van der Waals surface area contributed by atoms with E-state index in [4.69, 9.17) is 26.4 Å². The molecule has 1 N–H and O–H groups in total. The number of nitrogens with one attached hydrogen (secondary N) is 1. The molecule has 9 heteroatoms. The van der Waals surface area contributed by atoms with E-state index in [-0.39, 0.29) is 23.6 Å². The van der Waals surface area contributed by atoms with Crippen molar-refractivity contribution in [1.82, 2.24) is 24.6 Å². The molecular formula is C27H35ClN6O2. The molecular weight excluding hydrogens is 476 g/mol. The Bertz CT molecular complexity index is 1350. The van der Waals surface area contributed by atoms with Crippen LogP contribution < -0.4 is 10.5 Å². The average Bonchev–Trinajstić information content (AvgIpc) is 3.23. The summed E-state index contributed by atoms with van der Waals surface area (Å²) in [5.41, 5.74) is 5.10. The van der Waals surface area contributed by atoms with E-state index in [1.54, 1.807) is 0 Å². The molecule has 8 nitrogen and oxygen atoms in total. The second-order valence-corrected chi connectivity index (χ2v) is 11.5. The van der Waals surface area contributed by atoms with Crippen LogP contribution in [0.1, 0.15) is 60.7 Å². The molecule has 0 saturated carbocycles. The molecule has 2 aromatic heterocycles. The van der Waals surface area contributed by atoms with Crippen LogP contribution >= 0.6 is 11.6 Å². The largest absolute Gasteiger partial charge is 0.356 e. The van der Waals surface area contributed by atoms with Gasteiger partial charge in [-0.05, 0) is 82.2 Å². The molecule has 0 bridgehead atoms. The van der Waals surface area contributed by atoms with Crippen LogP contribution in [0.5, 0.6) is 0 Å². The molecule has 6 rings (SSSR count). The fourth-order valence-corrected chi connectivity index (χ4v) is 6.39. The van der Waals surface area contributed by atoms with Crippen molar-refractivity contribution >= 4 is 28.5 Å². The maximum absolute atomic E-state index is 13.1. The third kappa shape index (κ3) is 3.94. The molecule has 3 atom stereocenters. The van der Waals surface area contributed by atoms with E-state index in [0.717, 1.165) is 78.1 Å². The highest BCUT2D eigenvalue weighted by Crippen LogP contribution is 2.43. The molecule has 2 aliphatic heterocycles. The molecule has 1 aromatic carbocycles. The van der Waals surface area contributed by atoms with Crippen LogP contribution in [-0.2, 0) is 17.6 Å². The summed E-state index contributed by atoms with van der Waals surface area (Å²) in [5.74, 6) is 1.18. The summed E-state index contributed by atoms with van der Waals surface area (Å²) in [6.07, 6.45) is 6.57. The number of hydrogen-bond acceptors (Lipinski definition) is 6. The van der Waals surface area contributed by atoms with Crippen LogP contribution in [0.25, 0.3) is 10.9 Å².